The van der Waals surface area contributed by atoms with E-state index in [-0.39, 0.29) is 30.8 Å². The molecule has 2 bridgehead atoms. The van der Waals surface area contributed by atoms with E-state index in [0.29, 0.717) is 24.9 Å². The SMILES string of the molecule is COC(=O)C1CC2CCCC(C1)N2Cc1ccc2cc(OC3CCC(C(F)(F)F)CC3)ccc2c1. The zero-order valence-electron chi connectivity index (χ0n) is 20.2. The second-order valence-electron chi connectivity index (χ2n) is 10.6. The number of rotatable bonds is 5. The topological polar surface area (TPSA) is 38.8 Å². The second kappa shape index (κ2) is 10.00. The van der Waals surface area contributed by atoms with Gasteiger partial charge in [-0.1, -0.05) is 24.6 Å². The predicted octanol–water partition coefficient (Wildman–Crippen LogP) is 6.65. The molecule has 0 amide bonds. The van der Waals surface area contributed by atoms with Gasteiger partial charge in [0.15, 0.2) is 0 Å². The summed E-state index contributed by atoms with van der Waals surface area (Å²) in [6.45, 7) is 0.875. The summed E-state index contributed by atoms with van der Waals surface area (Å²) in [6, 6.07) is 13.3. The smallest absolute Gasteiger partial charge is 0.391 e. The van der Waals surface area contributed by atoms with E-state index in [4.69, 9.17) is 9.47 Å². The molecule has 3 fully saturated rings. The fourth-order valence-corrected chi connectivity index (χ4v) is 6.45. The van der Waals surface area contributed by atoms with Gasteiger partial charge in [-0.2, -0.15) is 13.2 Å². The highest BCUT2D eigenvalue weighted by Gasteiger charge is 2.42. The van der Waals surface area contributed by atoms with Crippen LogP contribution in [0.25, 0.3) is 10.8 Å². The number of methoxy groups -OCH3 is 1. The lowest BCUT2D eigenvalue weighted by Gasteiger charge is -2.48. The minimum Gasteiger partial charge on any atom is -0.490 e. The molecule has 0 N–H and O–H groups in total. The molecule has 0 spiro atoms. The van der Waals surface area contributed by atoms with Crippen LogP contribution in [0.5, 0.6) is 5.75 Å². The van der Waals surface area contributed by atoms with Gasteiger partial charge in [-0.05, 0) is 85.9 Å². The van der Waals surface area contributed by atoms with Crippen LogP contribution in [0.4, 0.5) is 13.2 Å². The summed E-state index contributed by atoms with van der Waals surface area (Å²) in [5.74, 6) is -0.521. The fraction of sp³-hybridized carbons (Fsp3) is 0.607. The number of esters is 1. The van der Waals surface area contributed by atoms with Gasteiger partial charge < -0.3 is 9.47 Å². The largest absolute Gasteiger partial charge is 0.490 e. The van der Waals surface area contributed by atoms with Crippen molar-refractivity contribution in [2.45, 2.75) is 88.7 Å². The van der Waals surface area contributed by atoms with Gasteiger partial charge in [-0.15, -0.1) is 0 Å². The molecule has 4 nitrogen and oxygen atoms in total. The summed E-state index contributed by atoms with van der Waals surface area (Å²) < 4.78 is 49.8. The number of hydrogen-bond donors (Lipinski definition) is 0. The van der Waals surface area contributed by atoms with Crippen LogP contribution in [0.15, 0.2) is 36.4 Å². The maximum absolute atomic E-state index is 12.9. The monoisotopic (exact) mass is 489 g/mol. The van der Waals surface area contributed by atoms with E-state index < -0.39 is 12.1 Å². The van der Waals surface area contributed by atoms with Gasteiger partial charge in [0.2, 0.25) is 0 Å². The zero-order chi connectivity index (χ0) is 24.6. The Labute approximate surface area is 204 Å². The molecule has 3 aliphatic rings. The Bertz CT molecular complexity index is 1030. The summed E-state index contributed by atoms with van der Waals surface area (Å²) >= 11 is 0. The Hall–Kier alpha value is -2.28. The molecule has 2 aliphatic heterocycles. The molecule has 0 radical (unpaired) electrons. The number of ether oxygens (including phenoxy) is 2. The van der Waals surface area contributed by atoms with Gasteiger partial charge >= 0.3 is 12.1 Å². The Morgan fingerprint density at radius 3 is 2.26 bits per heavy atom. The summed E-state index contributed by atoms with van der Waals surface area (Å²) in [7, 11) is 1.48. The normalized spacial score (nSPS) is 29.7. The predicted molar refractivity (Wildman–Crippen MR) is 128 cm³/mol. The first kappa shape index (κ1) is 24.4. The quantitative estimate of drug-likeness (QED) is 0.441. The Kier molecular flexibility index (Phi) is 6.97. The van der Waals surface area contributed by atoms with Crippen LogP contribution >= 0.6 is 0 Å². The van der Waals surface area contributed by atoms with Gasteiger partial charge in [0.1, 0.15) is 5.75 Å². The molecule has 0 aromatic heterocycles. The molecule has 190 valence electrons. The Morgan fingerprint density at radius 1 is 0.943 bits per heavy atom. The number of carbonyl (C=O) groups excluding carboxylic acids is 1. The van der Waals surface area contributed by atoms with E-state index in [2.05, 4.69) is 23.1 Å². The van der Waals surface area contributed by atoms with Gasteiger partial charge in [0.25, 0.3) is 0 Å². The van der Waals surface area contributed by atoms with Crippen molar-refractivity contribution in [1.29, 1.82) is 0 Å². The molecule has 2 atom stereocenters. The lowest BCUT2D eigenvalue weighted by molar-refractivity contribution is -0.185. The van der Waals surface area contributed by atoms with Crippen molar-refractivity contribution < 1.29 is 27.4 Å². The third kappa shape index (κ3) is 5.45. The minimum atomic E-state index is -4.10. The van der Waals surface area contributed by atoms with Crippen LogP contribution in [0.2, 0.25) is 0 Å². The van der Waals surface area contributed by atoms with Crippen LogP contribution in [0, 0.1) is 11.8 Å². The molecule has 2 unspecified atom stereocenters. The van der Waals surface area contributed by atoms with E-state index in [1.165, 1.54) is 19.1 Å². The molecule has 2 aromatic rings. The highest BCUT2D eigenvalue weighted by Crippen LogP contribution is 2.40. The van der Waals surface area contributed by atoms with E-state index in [9.17, 15) is 18.0 Å². The standard InChI is InChI=1S/C28H34F3NO3/c1-34-27(33)21-14-23-3-2-4-24(15-21)32(23)17-18-5-6-20-16-26(10-7-19(20)13-18)35-25-11-8-22(9-12-25)28(29,30)31/h5-7,10,13,16,21-25H,2-4,8-9,11-12,14-15,17H2,1H3. The second-order valence-corrected chi connectivity index (χ2v) is 10.6. The lowest BCUT2D eigenvalue weighted by Crippen LogP contribution is -2.52. The zero-order valence-corrected chi connectivity index (χ0v) is 20.2. The Balaban J connectivity index is 1.22. The molecule has 2 heterocycles. The van der Waals surface area contributed by atoms with Crippen LogP contribution in [-0.2, 0) is 16.1 Å². The number of fused-ring (bicyclic) bond motifs is 3. The summed E-state index contributed by atoms with van der Waals surface area (Å²) in [4.78, 5) is 14.7. The first-order valence-corrected chi connectivity index (χ1v) is 12.9. The average molecular weight is 490 g/mol. The van der Waals surface area contributed by atoms with Crippen molar-refractivity contribution in [3.63, 3.8) is 0 Å². The lowest BCUT2D eigenvalue weighted by atomic mass is 9.78. The van der Waals surface area contributed by atoms with Gasteiger partial charge in [-0.3, -0.25) is 9.69 Å². The van der Waals surface area contributed by atoms with Crippen molar-refractivity contribution in [1.82, 2.24) is 4.90 Å². The number of piperidine rings is 2. The van der Waals surface area contributed by atoms with E-state index in [1.807, 2.05) is 18.2 Å². The summed E-state index contributed by atoms with van der Waals surface area (Å²) in [5, 5.41) is 2.20. The first-order valence-electron chi connectivity index (χ1n) is 12.9. The van der Waals surface area contributed by atoms with Crippen LogP contribution in [0.1, 0.15) is 63.4 Å². The molecule has 2 saturated heterocycles. The number of hydrogen-bond acceptors (Lipinski definition) is 4. The average Bonchev–Trinajstić information content (AvgIpc) is 2.83. The summed E-state index contributed by atoms with van der Waals surface area (Å²) in [5.41, 5.74) is 1.25. The molecule has 1 saturated carbocycles. The van der Waals surface area contributed by atoms with Gasteiger partial charge in [0.05, 0.1) is 25.0 Å². The van der Waals surface area contributed by atoms with Gasteiger partial charge in [-0.25, -0.2) is 0 Å². The van der Waals surface area contributed by atoms with Gasteiger partial charge in [0, 0.05) is 18.6 Å². The van der Waals surface area contributed by atoms with Crippen LogP contribution in [-0.4, -0.2) is 42.3 Å². The van der Waals surface area contributed by atoms with E-state index in [1.54, 1.807) is 0 Å². The molecular weight excluding hydrogens is 455 g/mol. The van der Waals surface area contributed by atoms with Crippen molar-refractivity contribution in [3.8, 4) is 5.75 Å². The maximum Gasteiger partial charge on any atom is 0.391 e. The van der Waals surface area contributed by atoms with E-state index >= 15 is 0 Å². The maximum atomic E-state index is 12.9. The van der Waals surface area contributed by atoms with E-state index in [0.717, 1.165) is 48.8 Å². The third-order valence-electron chi connectivity index (χ3n) is 8.34. The number of alkyl halides is 3. The third-order valence-corrected chi connectivity index (χ3v) is 8.34. The molecule has 2 aromatic carbocycles. The fourth-order valence-electron chi connectivity index (χ4n) is 6.45. The van der Waals surface area contributed by atoms with Crippen molar-refractivity contribution in [2.75, 3.05) is 7.11 Å². The highest BCUT2D eigenvalue weighted by atomic mass is 19.4. The van der Waals surface area contributed by atoms with Crippen molar-refractivity contribution >= 4 is 16.7 Å². The van der Waals surface area contributed by atoms with Crippen LogP contribution in [0.3, 0.4) is 0 Å². The molecule has 7 heteroatoms. The van der Waals surface area contributed by atoms with Crippen LogP contribution < -0.4 is 4.74 Å². The molecule has 1 aliphatic carbocycles. The molecular formula is C28H34F3NO3. The number of halogens is 3. The highest BCUT2D eigenvalue weighted by molar-refractivity contribution is 5.84. The van der Waals surface area contributed by atoms with Crippen molar-refractivity contribution in [2.24, 2.45) is 11.8 Å². The molecule has 35 heavy (non-hydrogen) atoms. The number of carbonyl (C=O) groups is 1. The number of nitrogens with zero attached hydrogens (tertiary/aromatic N) is 1. The van der Waals surface area contributed by atoms with Crippen molar-refractivity contribution in [3.05, 3.63) is 42.0 Å². The Morgan fingerprint density at radius 2 is 1.60 bits per heavy atom. The number of benzene rings is 2. The minimum absolute atomic E-state index is 0.0186. The first-order chi connectivity index (χ1) is 16.8. The molecule has 5 rings (SSSR count). The summed E-state index contributed by atoms with van der Waals surface area (Å²) in [6.07, 6.45) is 2.15.